The number of ether oxygens (including phenoxy) is 1. The Balaban J connectivity index is 1.61. The van der Waals surface area contributed by atoms with Gasteiger partial charge in [-0.15, -0.1) is 0 Å². The molecule has 2 aliphatic heterocycles. The van der Waals surface area contributed by atoms with E-state index < -0.39 is 0 Å². The van der Waals surface area contributed by atoms with Crippen LogP contribution < -0.4 is 10.5 Å². The summed E-state index contributed by atoms with van der Waals surface area (Å²) in [5.74, 6) is 1.55. The molecule has 0 radical (unpaired) electrons. The van der Waals surface area contributed by atoms with Crippen LogP contribution in [0.25, 0.3) is 0 Å². The number of nitrogens with zero attached hydrogens (tertiary/aromatic N) is 1. The van der Waals surface area contributed by atoms with Crippen LogP contribution in [0.15, 0.2) is 24.3 Å². The average Bonchev–Trinajstić information content (AvgIpc) is 2.50. The summed E-state index contributed by atoms with van der Waals surface area (Å²) < 4.78 is 6.19. The first-order valence-corrected chi connectivity index (χ1v) is 7.60. The lowest BCUT2D eigenvalue weighted by Gasteiger charge is -2.49. The van der Waals surface area contributed by atoms with Crippen molar-refractivity contribution in [2.75, 3.05) is 19.7 Å². The maximum Gasteiger partial charge on any atom is 0.119 e. The van der Waals surface area contributed by atoms with Crippen molar-refractivity contribution in [3.8, 4) is 5.75 Å². The molecule has 3 N–H and O–H groups in total. The molecule has 3 fully saturated rings. The molecule has 2 heterocycles. The van der Waals surface area contributed by atoms with Gasteiger partial charge in [-0.05, 0) is 30.5 Å². The third kappa shape index (κ3) is 2.82. The van der Waals surface area contributed by atoms with Gasteiger partial charge in [-0.1, -0.05) is 12.1 Å². The molecule has 1 aromatic rings. The lowest BCUT2D eigenvalue weighted by Crippen LogP contribution is -2.56. The van der Waals surface area contributed by atoms with Crippen molar-refractivity contribution in [3.63, 3.8) is 0 Å². The molecule has 3 unspecified atom stereocenters. The summed E-state index contributed by atoms with van der Waals surface area (Å²) in [7, 11) is 0. The number of nitrogens with two attached hydrogens (primary N) is 1. The number of aliphatic hydroxyl groups is 1. The zero-order valence-electron chi connectivity index (χ0n) is 11.9. The molecular formula is C16H24N2O2. The first-order valence-electron chi connectivity index (χ1n) is 7.60. The summed E-state index contributed by atoms with van der Waals surface area (Å²) in [6.45, 7) is 2.70. The van der Waals surface area contributed by atoms with Gasteiger partial charge in [-0.25, -0.2) is 0 Å². The Morgan fingerprint density at radius 2 is 2.05 bits per heavy atom. The Labute approximate surface area is 120 Å². The second-order valence-corrected chi connectivity index (χ2v) is 5.95. The second-order valence-electron chi connectivity index (χ2n) is 5.95. The van der Waals surface area contributed by atoms with Crippen LogP contribution in [-0.2, 0) is 6.54 Å². The molecule has 2 bridgehead atoms. The molecule has 2 saturated heterocycles. The van der Waals surface area contributed by atoms with Crippen LogP contribution in [0.3, 0.4) is 0 Å². The standard InChI is InChI=1S/C16H24N2O2/c17-10-12-1-5-15(6-2-12)20-16-9-14-4-3-13(16)11-18(14)7-8-19/h1-2,5-6,13-14,16,19H,3-4,7-11,17H2. The highest BCUT2D eigenvalue weighted by molar-refractivity contribution is 5.27. The molecule has 3 atom stereocenters. The zero-order chi connectivity index (χ0) is 13.9. The van der Waals surface area contributed by atoms with E-state index in [1.54, 1.807) is 0 Å². The lowest BCUT2D eigenvalue weighted by atomic mass is 9.77. The molecule has 1 aromatic carbocycles. The van der Waals surface area contributed by atoms with Crippen molar-refractivity contribution in [1.82, 2.24) is 4.90 Å². The lowest BCUT2D eigenvalue weighted by molar-refractivity contribution is -0.0416. The van der Waals surface area contributed by atoms with E-state index >= 15 is 0 Å². The quantitative estimate of drug-likeness (QED) is 0.853. The third-order valence-electron chi connectivity index (χ3n) is 4.72. The highest BCUT2D eigenvalue weighted by Gasteiger charge is 2.41. The molecule has 0 amide bonds. The molecule has 20 heavy (non-hydrogen) atoms. The zero-order valence-corrected chi connectivity index (χ0v) is 11.9. The first-order chi connectivity index (χ1) is 9.80. The second kappa shape index (κ2) is 6.12. The van der Waals surface area contributed by atoms with Crippen LogP contribution >= 0.6 is 0 Å². The summed E-state index contributed by atoms with van der Waals surface area (Å²) in [5.41, 5.74) is 6.75. The van der Waals surface area contributed by atoms with E-state index in [4.69, 9.17) is 15.6 Å². The number of aliphatic hydroxyl groups excluding tert-OH is 1. The maximum absolute atomic E-state index is 9.11. The van der Waals surface area contributed by atoms with Gasteiger partial charge in [0.05, 0.1) is 6.61 Å². The van der Waals surface area contributed by atoms with E-state index in [2.05, 4.69) is 4.90 Å². The number of hydrogen-bond donors (Lipinski definition) is 2. The summed E-state index contributed by atoms with van der Waals surface area (Å²) >= 11 is 0. The highest BCUT2D eigenvalue weighted by Crippen LogP contribution is 2.37. The molecule has 1 aliphatic carbocycles. The number of rotatable bonds is 5. The van der Waals surface area contributed by atoms with Gasteiger partial charge in [0.1, 0.15) is 11.9 Å². The predicted octanol–water partition coefficient (Wildman–Crippen LogP) is 1.37. The molecule has 4 nitrogen and oxygen atoms in total. The summed E-state index contributed by atoms with van der Waals surface area (Å²) in [6.07, 6.45) is 3.91. The number of hydrogen-bond acceptors (Lipinski definition) is 4. The largest absolute Gasteiger partial charge is 0.490 e. The molecule has 0 spiro atoms. The van der Waals surface area contributed by atoms with Gasteiger partial charge in [0.2, 0.25) is 0 Å². The number of benzene rings is 1. The van der Waals surface area contributed by atoms with Gasteiger partial charge in [0.25, 0.3) is 0 Å². The SMILES string of the molecule is NCc1ccc(OC2CC3CCC2CN3CCO)cc1. The van der Waals surface area contributed by atoms with Crippen molar-refractivity contribution >= 4 is 0 Å². The fraction of sp³-hybridized carbons (Fsp3) is 0.625. The van der Waals surface area contributed by atoms with Gasteiger partial charge in [-0.2, -0.15) is 0 Å². The Morgan fingerprint density at radius 1 is 1.25 bits per heavy atom. The van der Waals surface area contributed by atoms with Gasteiger partial charge < -0.3 is 15.6 Å². The number of fused-ring (bicyclic) bond motifs is 3. The van der Waals surface area contributed by atoms with Gasteiger partial charge in [0, 0.05) is 38.0 Å². The van der Waals surface area contributed by atoms with Crippen LogP contribution in [0.4, 0.5) is 0 Å². The van der Waals surface area contributed by atoms with Gasteiger partial charge in [0.15, 0.2) is 0 Å². The molecule has 0 aromatic heterocycles. The average molecular weight is 276 g/mol. The van der Waals surface area contributed by atoms with Crippen molar-refractivity contribution in [2.24, 2.45) is 11.7 Å². The normalized spacial score (nSPS) is 29.6. The number of piperidine rings is 2. The fourth-order valence-electron chi connectivity index (χ4n) is 3.59. The highest BCUT2D eigenvalue weighted by atomic mass is 16.5. The van der Waals surface area contributed by atoms with Gasteiger partial charge in [-0.3, -0.25) is 4.90 Å². The van der Waals surface area contributed by atoms with E-state index in [1.165, 1.54) is 12.8 Å². The molecule has 1 saturated carbocycles. The fourth-order valence-corrected chi connectivity index (χ4v) is 3.59. The smallest absolute Gasteiger partial charge is 0.119 e. The minimum atomic E-state index is 0.259. The monoisotopic (exact) mass is 276 g/mol. The van der Waals surface area contributed by atoms with E-state index in [0.29, 0.717) is 24.6 Å². The van der Waals surface area contributed by atoms with Crippen molar-refractivity contribution < 1.29 is 9.84 Å². The third-order valence-corrected chi connectivity index (χ3v) is 4.72. The minimum Gasteiger partial charge on any atom is -0.490 e. The molecule has 3 aliphatic rings. The van der Waals surface area contributed by atoms with E-state index in [1.807, 2.05) is 24.3 Å². The van der Waals surface area contributed by atoms with Crippen molar-refractivity contribution in [2.45, 2.75) is 38.0 Å². The molecule has 4 rings (SSSR count). The van der Waals surface area contributed by atoms with Crippen molar-refractivity contribution in [1.29, 1.82) is 0 Å². The van der Waals surface area contributed by atoms with Crippen LogP contribution in [0.1, 0.15) is 24.8 Å². The molecule has 4 heteroatoms. The van der Waals surface area contributed by atoms with Crippen LogP contribution in [-0.4, -0.2) is 41.8 Å². The molecule has 110 valence electrons. The van der Waals surface area contributed by atoms with E-state index in [0.717, 1.165) is 30.8 Å². The van der Waals surface area contributed by atoms with Crippen LogP contribution in [0, 0.1) is 5.92 Å². The summed E-state index contributed by atoms with van der Waals surface area (Å²) in [5, 5.41) is 9.11. The van der Waals surface area contributed by atoms with Crippen LogP contribution in [0.5, 0.6) is 5.75 Å². The molecular weight excluding hydrogens is 252 g/mol. The topological polar surface area (TPSA) is 58.7 Å². The Hall–Kier alpha value is -1.10. The maximum atomic E-state index is 9.11. The first kappa shape index (κ1) is 13.9. The predicted molar refractivity (Wildman–Crippen MR) is 78.5 cm³/mol. The summed E-state index contributed by atoms with van der Waals surface area (Å²) in [4.78, 5) is 2.42. The Kier molecular flexibility index (Phi) is 4.24. The van der Waals surface area contributed by atoms with E-state index in [9.17, 15) is 0 Å². The Morgan fingerprint density at radius 3 is 2.65 bits per heavy atom. The summed E-state index contributed by atoms with van der Waals surface area (Å²) in [6, 6.07) is 8.70. The van der Waals surface area contributed by atoms with E-state index in [-0.39, 0.29) is 6.61 Å². The van der Waals surface area contributed by atoms with Crippen molar-refractivity contribution in [3.05, 3.63) is 29.8 Å². The minimum absolute atomic E-state index is 0.259. The Bertz CT molecular complexity index is 435. The van der Waals surface area contributed by atoms with Crippen LogP contribution in [0.2, 0.25) is 0 Å². The van der Waals surface area contributed by atoms with Gasteiger partial charge >= 0.3 is 0 Å².